The smallest absolute Gasteiger partial charge is 0.462 e. The lowest BCUT2D eigenvalue weighted by Gasteiger charge is -2.46. The Balaban J connectivity index is 2.09. The van der Waals surface area contributed by atoms with Crippen LogP contribution < -0.4 is 0 Å². The molecule has 0 unspecified atom stereocenters. The normalized spacial score (nSPS) is 21.5. The molecule has 2 aromatic rings. The van der Waals surface area contributed by atoms with Crippen molar-refractivity contribution >= 4 is 37.7 Å². The maximum Gasteiger partial charge on any atom is 0.477 e. The van der Waals surface area contributed by atoms with Crippen molar-refractivity contribution in [1.29, 1.82) is 0 Å². The van der Waals surface area contributed by atoms with E-state index in [1.165, 1.54) is 0 Å². The Bertz CT molecular complexity index is 1370. The first kappa shape index (κ1) is 37.3. The van der Waals surface area contributed by atoms with Crippen LogP contribution in [0.15, 0.2) is 60.7 Å². The second-order valence-corrected chi connectivity index (χ2v) is 11.8. The standard InChI is InChI=1S/C31H37O15P/c1-19(32)38-18-26(41-20(2)33)27-28(42-21(3)34)29(43-22(4)35)30(44-23(5)36)31(45-27)46-47(37,39-16-24-12-8-6-9-13-24)40-17-25-14-10-7-11-15-25/h6-15,26-31H,16-18H2,1-5H3/t26-,27-,28-,29+,30+,31-/m1/s1. The third-order valence-corrected chi connectivity index (χ3v) is 7.63. The van der Waals surface area contributed by atoms with E-state index in [2.05, 4.69) is 0 Å². The predicted molar refractivity (Wildman–Crippen MR) is 159 cm³/mol. The van der Waals surface area contributed by atoms with Gasteiger partial charge in [-0.3, -0.25) is 37.5 Å². The molecule has 6 atom stereocenters. The summed E-state index contributed by atoms with van der Waals surface area (Å²) in [6.07, 6.45) is -10.1. The van der Waals surface area contributed by atoms with E-state index in [1.807, 2.05) is 0 Å². The molecule has 1 saturated heterocycles. The first-order valence-corrected chi connectivity index (χ1v) is 15.9. The van der Waals surface area contributed by atoms with Crippen LogP contribution in [0.2, 0.25) is 0 Å². The van der Waals surface area contributed by atoms with Crippen molar-refractivity contribution in [1.82, 2.24) is 0 Å². The van der Waals surface area contributed by atoms with Gasteiger partial charge in [-0.2, -0.15) is 0 Å². The van der Waals surface area contributed by atoms with Gasteiger partial charge in [-0.25, -0.2) is 4.57 Å². The third-order valence-electron chi connectivity index (χ3n) is 6.27. The van der Waals surface area contributed by atoms with Gasteiger partial charge in [0.25, 0.3) is 0 Å². The van der Waals surface area contributed by atoms with E-state index in [1.54, 1.807) is 60.7 Å². The van der Waals surface area contributed by atoms with Crippen LogP contribution in [0.25, 0.3) is 0 Å². The lowest BCUT2D eigenvalue weighted by molar-refractivity contribution is -0.302. The van der Waals surface area contributed by atoms with Crippen LogP contribution in [0.3, 0.4) is 0 Å². The molecule has 0 aliphatic carbocycles. The molecule has 0 N–H and O–H groups in total. The van der Waals surface area contributed by atoms with Crippen molar-refractivity contribution < 1.29 is 70.5 Å². The van der Waals surface area contributed by atoms with E-state index in [9.17, 15) is 28.5 Å². The highest BCUT2D eigenvalue weighted by molar-refractivity contribution is 7.48. The molecule has 0 bridgehead atoms. The maximum atomic E-state index is 14.3. The first-order chi connectivity index (χ1) is 22.3. The molecule has 2 aromatic carbocycles. The van der Waals surface area contributed by atoms with Gasteiger partial charge >= 0.3 is 37.7 Å². The molecule has 16 heteroatoms. The zero-order valence-corrected chi connectivity index (χ0v) is 27.3. The van der Waals surface area contributed by atoms with Crippen molar-refractivity contribution in [3.8, 4) is 0 Å². The molecule has 1 heterocycles. The van der Waals surface area contributed by atoms with Crippen molar-refractivity contribution in [2.75, 3.05) is 6.61 Å². The van der Waals surface area contributed by atoms with Crippen LogP contribution in [0.4, 0.5) is 0 Å². The maximum absolute atomic E-state index is 14.3. The van der Waals surface area contributed by atoms with Gasteiger partial charge in [0.1, 0.15) is 12.7 Å². The third kappa shape index (κ3) is 12.2. The molecule has 1 aliphatic rings. The molecule has 0 spiro atoms. The van der Waals surface area contributed by atoms with Crippen LogP contribution in [-0.4, -0.2) is 73.3 Å². The van der Waals surface area contributed by atoms with Crippen molar-refractivity contribution in [3.63, 3.8) is 0 Å². The second kappa shape index (κ2) is 17.7. The Morgan fingerprint density at radius 1 is 0.660 bits per heavy atom. The van der Waals surface area contributed by atoms with Gasteiger partial charge in [0, 0.05) is 34.6 Å². The van der Waals surface area contributed by atoms with Crippen molar-refractivity contribution in [2.24, 2.45) is 0 Å². The number of esters is 5. The molecule has 47 heavy (non-hydrogen) atoms. The minimum Gasteiger partial charge on any atom is -0.462 e. The van der Waals surface area contributed by atoms with Gasteiger partial charge in [0.05, 0.1) is 13.2 Å². The number of phosphoric acid groups is 1. The molecule has 15 nitrogen and oxygen atoms in total. The SMILES string of the molecule is CC(=O)OC[C@@H](OC(C)=O)[C@H]1O[C@H](OP(=O)(OCc2ccccc2)OCc2ccccc2)[C@@H](OC(C)=O)[C@@H](OC(C)=O)[C@@H]1OC(C)=O. The average molecular weight is 681 g/mol. The number of hydrogen-bond donors (Lipinski definition) is 0. The monoisotopic (exact) mass is 680 g/mol. The van der Waals surface area contributed by atoms with Gasteiger partial charge in [0.2, 0.25) is 6.29 Å². The molecule has 0 saturated carbocycles. The lowest BCUT2D eigenvalue weighted by Crippen LogP contribution is -2.65. The van der Waals surface area contributed by atoms with Crippen LogP contribution in [0, 0.1) is 0 Å². The number of phosphoric ester groups is 1. The Morgan fingerprint density at radius 3 is 1.57 bits per heavy atom. The fourth-order valence-electron chi connectivity index (χ4n) is 4.48. The van der Waals surface area contributed by atoms with Gasteiger partial charge in [0.15, 0.2) is 24.4 Å². The fourth-order valence-corrected chi connectivity index (χ4v) is 5.71. The zero-order chi connectivity index (χ0) is 34.6. The summed E-state index contributed by atoms with van der Waals surface area (Å²) in [5, 5.41) is 0. The highest BCUT2D eigenvalue weighted by Gasteiger charge is 2.57. The van der Waals surface area contributed by atoms with Crippen LogP contribution in [-0.2, 0) is 83.7 Å². The quantitative estimate of drug-likeness (QED) is 0.151. The van der Waals surface area contributed by atoms with Crippen LogP contribution >= 0.6 is 7.82 Å². The second-order valence-electron chi connectivity index (χ2n) is 10.2. The summed E-state index contributed by atoms with van der Waals surface area (Å²) in [6, 6.07) is 17.3. The summed E-state index contributed by atoms with van der Waals surface area (Å²) in [5.41, 5.74) is 1.20. The van der Waals surface area contributed by atoms with E-state index < -0.39 is 81.1 Å². The average Bonchev–Trinajstić information content (AvgIpc) is 3.00. The van der Waals surface area contributed by atoms with Gasteiger partial charge in [-0.05, 0) is 11.1 Å². The van der Waals surface area contributed by atoms with E-state index in [-0.39, 0.29) is 13.2 Å². The fraction of sp³-hybridized carbons (Fsp3) is 0.452. The first-order valence-electron chi connectivity index (χ1n) is 14.4. The van der Waals surface area contributed by atoms with Crippen LogP contribution in [0.5, 0.6) is 0 Å². The molecular formula is C31H37O15P. The largest absolute Gasteiger partial charge is 0.477 e. The Hall–Kier alpha value is -4.14. The van der Waals surface area contributed by atoms with E-state index in [4.69, 9.17) is 42.0 Å². The topological polar surface area (TPSA) is 185 Å². The number of hydrogen-bond acceptors (Lipinski definition) is 15. The number of carbonyl (C=O) groups excluding carboxylic acids is 5. The minimum atomic E-state index is -4.68. The summed E-state index contributed by atoms with van der Waals surface area (Å²) >= 11 is 0. The number of benzene rings is 2. The molecule has 0 amide bonds. The Morgan fingerprint density at radius 2 is 1.13 bits per heavy atom. The summed E-state index contributed by atoms with van der Waals surface area (Å²) in [4.78, 5) is 60.6. The van der Waals surface area contributed by atoms with E-state index in [0.29, 0.717) is 11.1 Å². The molecular weight excluding hydrogens is 643 g/mol. The van der Waals surface area contributed by atoms with E-state index in [0.717, 1.165) is 34.6 Å². The molecule has 1 aliphatic heterocycles. The summed E-state index contributed by atoms with van der Waals surface area (Å²) in [5.74, 6) is -4.31. The zero-order valence-electron chi connectivity index (χ0n) is 26.4. The number of rotatable bonds is 15. The predicted octanol–water partition coefficient (Wildman–Crippen LogP) is 3.56. The molecule has 0 radical (unpaired) electrons. The van der Waals surface area contributed by atoms with Gasteiger partial charge in [-0.15, -0.1) is 0 Å². The Labute approximate surface area is 271 Å². The van der Waals surface area contributed by atoms with Crippen molar-refractivity contribution in [2.45, 2.75) is 84.6 Å². The number of carbonyl (C=O) groups is 5. The number of ether oxygens (including phenoxy) is 6. The van der Waals surface area contributed by atoms with Gasteiger partial charge in [-0.1, -0.05) is 60.7 Å². The highest BCUT2D eigenvalue weighted by Crippen LogP contribution is 2.54. The summed E-state index contributed by atoms with van der Waals surface area (Å²) in [6.45, 7) is 4.16. The molecule has 3 rings (SSSR count). The summed E-state index contributed by atoms with van der Waals surface area (Å²) in [7, 11) is -4.68. The molecule has 256 valence electrons. The lowest BCUT2D eigenvalue weighted by atomic mass is 9.94. The van der Waals surface area contributed by atoms with Crippen LogP contribution in [0.1, 0.15) is 45.7 Å². The van der Waals surface area contributed by atoms with Gasteiger partial charge < -0.3 is 28.4 Å². The van der Waals surface area contributed by atoms with Crippen molar-refractivity contribution in [3.05, 3.63) is 71.8 Å². The minimum absolute atomic E-state index is 0.257. The molecule has 0 aromatic heterocycles. The summed E-state index contributed by atoms with van der Waals surface area (Å²) < 4.78 is 64.3. The highest BCUT2D eigenvalue weighted by atomic mass is 31.2. The molecule has 1 fully saturated rings. The Kier molecular flexibility index (Phi) is 14.0. The van der Waals surface area contributed by atoms with E-state index >= 15 is 0 Å².